The van der Waals surface area contributed by atoms with Gasteiger partial charge in [0.1, 0.15) is 0 Å². The molecule has 0 saturated heterocycles. The summed E-state index contributed by atoms with van der Waals surface area (Å²) in [6.07, 6.45) is 0.291. The van der Waals surface area contributed by atoms with Crippen LogP contribution in [0.5, 0.6) is 0 Å². The van der Waals surface area contributed by atoms with E-state index in [4.69, 9.17) is 0 Å². The molecule has 0 saturated carbocycles. The predicted molar refractivity (Wildman–Crippen MR) is 108 cm³/mol. The predicted octanol–water partition coefficient (Wildman–Crippen LogP) is 4.96. The first kappa shape index (κ1) is 19.4. The van der Waals surface area contributed by atoms with Crippen LogP contribution in [0.4, 0.5) is 0 Å². The number of nitrogens with zero attached hydrogens (tertiary/aromatic N) is 1. The van der Waals surface area contributed by atoms with E-state index in [1.54, 1.807) is 4.90 Å². The molecule has 0 aliphatic carbocycles. The number of aliphatic hydroxyl groups excluding tert-OH is 1. The smallest absolute Gasteiger partial charge is 0.290 e. The van der Waals surface area contributed by atoms with E-state index < -0.39 is 17.7 Å². The van der Waals surface area contributed by atoms with Crippen molar-refractivity contribution in [3.8, 4) is 0 Å². The van der Waals surface area contributed by atoms with E-state index in [0.717, 1.165) is 15.6 Å². The van der Waals surface area contributed by atoms with Crippen LogP contribution in [0.1, 0.15) is 37.4 Å². The van der Waals surface area contributed by atoms with Crippen molar-refractivity contribution < 1.29 is 14.7 Å². The van der Waals surface area contributed by atoms with Crippen LogP contribution in [0.3, 0.4) is 0 Å². The van der Waals surface area contributed by atoms with E-state index in [9.17, 15) is 14.7 Å². The minimum atomic E-state index is -0.586. The number of Topliss-reactive ketones (excluding diaryl/α,β-unsaturated/α-hetero) is 1. The molecule has 2 aromatic rings. The first-order valence-electron chi connectivity index (χ1n) is 8.95. The van der Waals surface area contributed by atoms with Crippen LogP contribution in [0.15, 0.2) is 70.4 Å². The number of rotatable bonds is 6. The van der Waals surface area contributed by atoms with Gasteiger partial charge in [0, 0.05) is 17.4 Å². The maximum absolute atomic E-state index is 12.9. The van der Waals surface area contributed by atoms with E-state index in [0.29, 0.717) is 13.0 Å². The number of ketones is 1. The van der Waals surface area contributed by atoms with Gasteiger partial charge in [0.25, 0.3) is 5.91 Å². The molecule has 1 aliphatic rings. The Balaban J connectivity index is 2.03. The van der Waals surface area contributed by atoms with Crippen LogP contribution in [-0.2, 0) is 16.1 Å². The second-order valence-corrected chi connectivity index (χ2v) is 8.07. The van der Waals surface area contributed by atoms with E-state index >= 15 is 0 Å². The van der Waals surface area contributed by atoms with Gasteiger partial charge in [0.05, 0.1) is 11.6 Å². The molecule has 1 amide bonds. The lowest BCUT2D eigenvalue weighted by Crippen LogP contribution is -2.30. The summed E-state index contributed by atoms with van der Waals surface area (Å²) in [6, 6.07) is 16.5. The van der Waals surface area contributed by atoms with E-state index in [2.05, 4.69) is 15.9 Å². The van der Waals surface area contributed by atoms with Crippen molar-refractivity contribution in [2.24, 2.45) is 5.92 Å². The molecule has 1 heterocycles. The monoisotopic (exact) mass is 427 g/mol. The molecule has 140 valence electrons. The van der Waals surface area contributed by atoms with Crippen molar-refractivity contribution >= 4 is 27.6 Å². The average molecular weight is 428 g/mol. The number of hydrogen-bond donors (Lipinski definition) is 1. The summed E-state index contributed by atoms with van der Waals surface area (Å²) in [4.78, 5) is 27.2. The molecule has 4 nitrogen and oxygen atoms in total. The summed E-state index contributed by atoms with van der Waals surface area (Å²) in [5.74, 6) is -0.968. The van der Waals surface area contributed by atoms with Gasteiger partial charge in [0.15, 0.2) is 11.5 Å². The Morgan fingerprint density at radius 1 is 1.11 bits per heavy atom. The van der Waals surface area contributed by atoms with Crippen molar-refractivity contribution in [2.75, 3.05) is 0 Å². The zero-order chi connectivity index (χ0) is 19.6. The molecule has 2 aromatic carbocycles. The third-order valence-corrected chi connectivity index (χ3v) is 5.11. The van der Waals surface area contributed by atoms with Gasteiger partial charge in [-0.2, -0.15) is 0 Å². The van der Waals surface area contributed by atoms with Crippen molar-refractivity contribution in [2.45, 2.75) is 32.9 Å². The summed E-state index contributed by atoms with van der Waals surface area (Å²) in [7, 11) is 0. The van der Waals surface area contributed by atoms with Gasteiger partial charge in [-0.1, -0.05) is 72.2 Å². The largest absolute Gasteiger partial charge is 0.503 e. The highest BCUT2D eigenvalue weighted by Crippen LogP contribution is 2.39. The Labute approximate surface area is 167 Å². The molecule has 1 unspecified atom stereocenters. The topological polar surface area (TPSA) is 57.6 Å². The van der Waals surface area contributed by atoms with Gasteiger partial charge < -0.3 is 10.0 Å². The van der Waals surface area contributed by atoms with Crippen LogP contribution in [0, 0.1) is 5.92 Å². The number of halogens is 1. The summed E-state index contributed by atoms with van der Waals surface area (Å²) >= 11 is 3.41. The molecule has 0 bridgehead atoms. The fourth-order valence-electron chi connectivity index (χ4n) is 3.35. The third kappa shape index (κ3) is 4.14. The molecule has 1 N–H and O–H groups in total. The van der Waals surface area contributed by atoms with Gasteiger partial charge >= 0.3 is 0 Å². The van der Waals surface area contributed by atoms with Crippen molar-refractivity contribution in [1.82, 2.24) is 4.90 Å². The second-order valence-electron chi connectivity index (χ2n) is 7.16. The standard InChI is InChI=1S/C22H22BrNO3/c1-14(2)12-18(25)19-20(16-8-10-17(23)11-9-16)24(22(27)21(19)26)13-15-6-4-3-5-7-15/h3-11,14,20,26H,12-13H2,1-2H3. The normalized spacial score (nSPS) is 17.1. The number of hydrogen-bond acceptors (Lipinski definition) is 3. The van der Waals surface area contributed by atoms with Crippen molar-refractivity contribution in [3.63, 3.8) is 0 Å². The number of carbonyl (C=O) groups excluding carboxylic acids is 2. The van der Waals surface area contributed by atoms with Crippen LogP contribution >= 0.6 is 15.9 Å². The lowest BCUT2D eigenvalue weighted by Gasteiger charge is -2.27. The highest BCUT2D eigenvalue weighted by atomic mass is 79.9. The van der Waals surface area contributed by atoms with Crippen molar-refractivity contribution in [3.05, 3.63) is 81.5 Å². The van der Waals surface area contributed by atoms with Gasteiger partial charge in [0.2, 0.25) is 0 Å². The molecular formula is C22H22BrNO3. The summed E-state index contributed by atoms with van der Waals surface area (Å²) in [5.41, 5.74) is 1.95. The zero-order valence-corrected chi connectivity index (χ0v) is 16.9. The first-order valence-corrected chi connectivity index (χ1v) is 9.74. The SMILES string of the molecule is CC(C)CC(=O)C1=C(O)C(=O)N(Cc2ccccc2)C1c1ccc(Br)cc1. The fourth-order valence-corrected chi connectivity index (χ4v) is 3.62. The minimum absolute atomic E-state index is 0.140. The van der Waals surface area contributed by atoms with Gasteiger partial charge in [-0.15, -0.1) is 0 Å². The first-order chi connectivity index (χ1) is 12.9. The Morgan fingerprint density at radius 3 is 2.33 bits per heavy atom. The molecule has 1 atom stereocenters. The Morgan fingerprint density at radius 2 is 1.74 bits per heavy atom. The molecule has 0 aromatic heterocycles. The van der Waals surface area contributed by atoms with Crippen LogP contribution in [0.2, 0.25) is 0 Å². The third-order valence-electron chi connectivity index (χ3n) is 4.58. The van der Waals surface area contributed by atoms with E-state index in [-0.39, 0.29) is 17.3 Å². The molecule has 1 aliphatic heterocycles. The van der Waals surface area contributed by atoms with Gasteiger partial charge in [-0.05, 0) is 29.2 Å². The van der Waals surface area contributed by atoms with E-state index in [1.165, 1.54) is 0 Å². The minimum Gasteiger partial charge on any atom is -0.503 e. The molecule has 3 rings (SSSR count). The second kappa shape index (κ2) is 8.09. The quantitative estimate of drug-likeness (QED) is 0.708. The zero-order valence-electron chi connectivity index (χ0n) is 15.4. The molecular weight excluding hydrogens is 406 g/mol. The fraction of sp³-hybridized carbons (Fsp3) is 0.273. The maximum atomic E-state index is 12.9. The Kier molecular flexibility index (Phi) is 5.80. The maximum Gasteiger partial charge on any atom is 0.290 e. The summed E-state index contributed by atoms with van der Waals surface area (Å²) < 4.78 is 0.911. The molecule has 0 fully saturated rings. The molecule has 27 heavy (non-hydrogen) atoms. The lowest BCUT2D eigenvalue weighted by atomic mass is 9.92. The highest BCUT2D eigenvalue weighted by molar-refractivity contribution is 9.10. The molecule has 0 spiro atoms. The van der Waals surface area contributed by atoms with E-state index in [1.807, 2.05) is 68.4 Å². The average Bonchev–Trinajstić information content (AvgIpc) is 2.88. The van der Waals surface area contributed by atoms with Crippen LogP contribution < -0.4 is 0 Å². The Hall–Kier alpha value is -2.40. The van der Waals surface area contributed by atoms with Crippen molar-refractivity contribution in [1.29, 1.82) is 0 Å². The summed E-state index contributed by atoms with van der Waals surface area (Å²) in [5, 5.41) is 10.5. The van der Waals surface area contributed by atoms with Crippen LogP contribution in [-0.4, -0.2) is 21.7 Å². The number of benzene rings is 2. The van der Waals surface area contributed by atoms with Crippen LogP contribution in [0.25, 0.3) is 0 Å². The number of carbonyl (C=O) groups is 2. The lowest BCUT2D eigenvalue weighted by molar-refractivity contribution is -0.130. The van der Waals surface area contributed by atoms with Gasteiger partial charge in [-0.25, -0.2) is 0 Å². The molecule has 5 heteroatoms. The molecule has 0 radical (unpaired) electrons. The highest BCUT2D eigenvalue weighted by Gasteiger charge is 2.43. The number of amides is 1. The summed E-state index contributed by atoms with van der Waals surface area (Å²) in [6.45, 7) is 4.22. The van der Waals surface area contributed by atoms with Gasteiger partial charge in [-0.3, -0.25) is 9.59 Å². The Bertz CT molecular complexity index is 872. The number of aliphatic hydroxyl groups is 1.